The minimum Gasteiger partial charge on any atom is -0.456 e. The number of furan rings is 1. The van der Waals surface area contributed by atoms with Gasteiger partial charge in [-0.05, 0) is 142 Å². The monoisotopic (exact) mass is 696 g/mol. The van der Waals surface area contributed by atoms with E-state index in [2.05, 4.69) is 152 Å². The Hall–Kier alpha value is -5.40. The third kappa shape index (κ3) is 4.51. The average Bonchev–Trinajstić information content (AvgIpc) is 3.73. The van der Waals surface area contributed by atoms with Crippen LogP contribution in [0.15, 0.2) is 156 Å². The molecule has 1 heteroatoms. The highest BCUT2D eigenvalue weighted by molar-refractivity contribution is 6.05. The van der Waals surface area contributed by atoms with Gasteiger partial charge in [-0.15, -0.1) is 0 Å². The van der Waals surface area contributed by atoms with Crippen molar-refractivity contribution in [3.05, 3.63) is 179 Å². The molecule has 5 aliphatic carbocycles. The summed E-state index contributed by atoms with van der Waals surface area (Å²) in [7, 11) is 0. The number of para-hydroxylation sites is 1. The predicted octanol–water partition coefficient (Wildman–Crippen LogP) is 13.9. The minimum atomic E-state index is 0.207. The number of benzene rings is 7. The average molecular weight is 697 g/mol. The van der Waals surface area contributed by atoms with Crippen molar-refractivity contribution in [2.45, 2.75) is 56.3 Å². The molecule has 262 valence electrons. The Balaban J connectivity index is 0.932. The van der Waals surface area contributed by atoms with Crippen LogP contribution < -0.4 is 0 Å². The summed E-state index contributed by atoms with van der Waals surface area (Å²) in [6, 6.07) is 57.3. The van der Waals surface area contributed by atoms with Gasteiger partial charge in [0.05, 0.1) is 0 Å². The van der Waals surface area contributed by atoms with Crippen LogP contribution in [0.1, 0.15) is 72.3 Å². The van der Waals surface area contributed by atoms with Gasteiger partial charge in [0.15, 0.2) is 0 Å². The zero-order chi connectivity index (χ0) is 35.4. The molecule has 0 amide bonds. The second kappa shape index (κ2) is 11.8. The lowest BCUT2D eigenvalue weighted by atomic mass is 9.43. The normalized spacial score (nSPS) is 24.1. The lowest BCUT2D eigenvalue weighted by molar-refractivity contribution is -0.0399. The zero-order valence-electron chi connectivity index (χ0n) is 30.7. The first-order valence-corrected chi connectivity index (χ1v) is 20.4. The van der Waals surface area contributed by atoms with Crippen LogP contribution in [0.5, 0.6) is 0 Å². The van der Waals surface area contributed by atoms with Gasteiger partial charge in [0, 0.05) is 22.1 Å². The maximum Gasteiger partial charge on any atom is 0.135 e. The highest BCUT2D eigenvalue weighted by Crippen LogP contribution is 2.69. The standard InChI is InChI=1S/C53H44O/c1-2-10-43-36(8-1)9-7-13-44(43)38-20-18-37(19-21-38)42(39-22-25-48-47-12-4-6-15-51(47)54-52(48)32-39)23-16-33-17-24-46-45-11-3-5-14-49(45)53(50(46)31-33)40-27-34-26-35(29-40)30-41(53)28-34/h1-15,17-22,24-25,31-32,34-35,40-42H,16,23,26-30H2. The SMILES string of the molecule is c1ccc2c(c1)-c1ccc(CCC(c3ccc(-c4cccc5ccccc45)cc3)c3ccc4c(c3)oc3ccccc34)cc1C21C2CC3CC(C2)CC1C3. The molecule has 5 aliphatic rings. The Morgan fingerprint density at radius 2 is 1.17 bits per heavy atom. The van der Waals surface area contributed by atoms with Crippen molar-refractivity contribution in [2.24, 2.45) is 23.7 Å². The van der Waals surface area contributed by atoms with Gasteiger partial charge >= 0.3 is 0 Å². The number of rotatable bonds is 6. The highest BCUT2D eigenvalue weighted by Gasteiger charge is 2.61. The molecule has 54 heavy (non-hydrogen) atoms. The van der Waals surface area contributed by atoms with E-state index in [1.165, 1.54) is 92.6 Å². The van der Waals surface area contributed by atoms with Crippen molar-refractivity contribution in [1.29, 1.82) is 0 Å². The van der Waals surface area contributed by atoms with Crippen molar-refractivity contribution in [1.82, 2.24) is 0 Å². The summed E-state index contributed by atoms with van der Waals surface area (Å²) in [5, 5.41) is 4.96. The lowest BCUT2D eigenvalue weighted by Gasteiger charge is -2.61. The molecule has 1 spiro atoms. The van der Waals surface area contributed by atoms with Crippen molar-refractivity contribution in [3.8, 4) is 22.3 Å². The molecule has 0 saturated heterocycles. The van der Waals surface area contributed by atoms with Gasteiger partial charge in [0.2, 0.25) is 0 Å². The van der Waals surface area contributed by atoms with Gasteiger partial charge in [0.25, 0.3) is 0 Å². The molecule has 1 atom stereocenters. The number of hydrogen-bond acceptors (Lipinski definition) is 1. The van der Waals surface area contributed by atoms with Gasteiger partial charge in [-0.3, -0.25) is 0 Å². The number of hydrogen-bond donors (Lipinski definition) is 0. The Kier molecular flexibility index (Phi) is 6.77. The van der Waals surface area contributed by atoms with Gasteiger partial charge in [-0.25, -0.2) is 0 Å². The molecule has 1 unspecified atom stereocenters. The molecular weight excluding hydrogens is 653 g/mol. The van der Waals surface area contributed by atoms with Crippen LogP contribution in [0.3, 0.4) is 0 Å². The van der Waals surface area contributed by atoms with Crippen molar-refractivity contribution in [3.63, 3.8) is 0 Å². The van der Waals surface area contributed by atoms with E-state index < -0.39 is 0 Å². The third-order valence-corrected chi connectivity index (χ3v) is 14.6. The molecule has 4 saturated carbocycles. The summed E-state index contributed by atoms with van der Waals surface area (Å²) in [5.74, 6) is 3.72. The molecule has 4 bridgehead atoms. The largest absolute Gasteiger partial charge is 0.456 e. The van der Waals surface area contributed by atoms with E-state index in [0.29, 0.717) is 0 Å². The Labute approximate surface area is 317 Å². The van der Waals surface area contributed by atoms with Crippen LogP contribution in [0.2, 0.25) is 0 Å². The van der Waals surface area contributed by atoms with E-state index in [0.717, 1.165) is 47.7 Å². The summed E-state index contributed by atoms with van der Waals surface area (Å²) in [4.78, 5) is 0. The Morgan fingerprint density at radius 3 is 2.02 bits per heavy atom. The molecular formula is C53H44O. The van der Waals surface area contributed by atoms with E-state index in [9.17, 15) is 0 Å². The van der Waals surface area contributed by atoms with Gasteiger partial charge < -0.3 is 4.42 Å². The molecule has 0 N–H and O–H groups in total. The van der Waals surface area contributed by atoms with E-state index >= 15 is 0 Å². The van der Waals surface area contributed by atoms with Crippen LogP contribution in [-0.4, -0.2) is 0 Å². The zero-order valence-corrected chi connectivity index (χ0v) is 30.7. The summed E-state index contributed by atoms with van der Waals surface area (Å²) in [6.07, 6.45) is 9.25. The number of aryl methyl sites for hydroxylation is 1. The summed E-state index contributed by atoms with van der Waals surface area (Å²) in [5.41, 5.74) is 15.2. The molecule has 13 rings (SSSR count). The molecule has 1 nitrogen and oxygen atoms in total. The van der Waals surface area contributed by atoms with E-state index in [4.69, 9.17) is 4.42 Å². The quantitative estimate of drug-likeness (QED) is 0.169. The van der Waals surface area contributed by atoms with Crippen LogP contribution in [0, 0.1) is 23.7 Å². The fraction of sp³-hybridized carbons (Fsp3) is 0.245. The first-order chi connectivity index (χ1) is 26.7. The minimum absolute atomic E-state index is 0.207. The van der Waals surface area contributed by atoms with Crippen LogP contribution in [0.4, 0.5) is 0 Å². The lowest BCUT2D eigenvalue weighted by Crippen LogP contribution is -2.55. The summed E-state index contributed by atoms with van der Waals surface area (Å²) >= 11 is 0. The van der Waals surface area contributed by atoms with Crippen molar-refractivity contribution >= 4 is 32.7 Å². The smallest absolute Gasteiger partial charge is 0.135 e. The number of fused-ring (bicyclic) bond motifs is 7. The molecule has 0 aliphatic heterocycles. The van der Waals surface area contributed by atoms with Crippen molar-refractivity contribution in [2.75, 3.05) is 0 Å². The van der Waals surface area contributed by atoms with E-state index in [1.807, 2.05) is 0 Å². The molecule has 8 aromatic rings. The third-order valence-electron chi connectivity index (χ3n) is 14.6. The van der Waals surface area contributed by atoms with Gasteiger partial charge in [-0.2, -0.15) is 0 Å². The Bertz CT molecular complexity index is 2710. The summed E-state index contributed by atoms with van der Waals surface area (Å²) in [6.45, 7) is 0. The molecule has 1 aromatic heterocycles. The van der Waals surface area contributed by atoms with Crippen LogP contribution in [-0.2, 0) is 11.8 Å². The first kappa shape index (κ1) is 31.0. The van der Waals surface area contributed by atoms with E-state index in [-0.39, 0.29) is 11.3 Å². The van der Waals surface area contributed by atoms with Crippen LogP contribution in [0.25, 0.3) is 55.0 Å². The molecule has 7 aromatic carbocycles. The fourth-order valence-corrected chi connectivity index (χ4v) is 12.5. The maximum atomic E-state index is 6.45. The topological polar surface area (TPSA) is 13.1 Å². The van der Waals surface area contributed by atoms with E-state index in [1.54, 1.807) is 11.1 Å². The van der Waals surface area contributed by atoms with Crippen LogP contribution >= 0.6 is 0 Å². The molecule has 0 radical (unpaired) electrons. The Morgan fingerprint density at radius 1 is 0.500 bits per heavy atom. The molecule has 1 heterocycles. The second-order valence-electron chi connectivity index (χ2n) is 17.2. The molecule has 4 fully saturated rings. The fourth-order valence-electron chi connectivity index (χ4n) is 12.5. The maximum absolute atomic E-state index is 6.45. The second-order valence-corrected chi connectivity index (χ2v) is 17.2. The predicted molar refractivity (Wildman–Crippen MR) is 223 cm³/mol. The van der Waals surface area contributed by atoms with Gasteiger partial charge in [0.1, 0.15) is 11.2 Å². The highest BCUT2D eigenvalue weighted by atomic mass is 16.3. The first-order valence-electron chi connectivity index (χ1n) is 20.4. The van der Waals surface area contributed by atoms with Gasteiger partial charge in [-0.1, -0.05) is 140 Å². The van der Waals surface area contributed by atoms with Crippen molar-refractivity contribution < 1.29 is 4.42 Å². The summed E-state index contributed by atoms with van der Waals surface area (Å²) < 4.78 is 6.45.